The van der Waals surface area contributed by atoms with Crippen molar-refractivity contribution in [3.8, 4) is 0 Å². The molecule has 96 valence electrons. The summed E-state index contributed by atoms with van der Waals surface area (Å²) in [5, 5.41) is 9.64. The van der Waals surface area contributed by atoms with Gasteiger partial charge in [-0.1, -0.05) is 6.92 Å². The molecular weight excluding hydrogens is 219 g/mol. The summed E-state index contributed by atoms with van der Waals surface area (Å²) >= 11 is 0. The van der Waals surface area contributed by atoms with Crippen molar-refractivity contribution in [2.24, 2.45) is 5.92 Å². The number of aliphatic hydroxyl groups excluding tert-OH is 1. The van der Waals surface area contributed by atoms with Gasteiger partial charge < -0.3 is 5.11 Å². The molecule has 0 radical (unpaired) electrons. The molecule has 1 aliphatic rings. The highest BCUT2D eigenvalue weighted by molar-refractivity contribution is 4.83. The molecule has 5 heteroatoms. The van der Waals surface area contributed by atoms with Crippen molar-refractivity contribution in [3.05, 3.63) is 0 Å². The lowest BCUT2D eigenvalue weighted by Crippen LogP contribution is -2.49. The molecule has 0 bridgehead atoms. The summed E-state index contributed by atoms with van der Waals surface area (Å²) in [6, 6.07) is -0.185. The fourth-order valence-electron chi connectivity index (χ4n) is 2.23. The molecule has 0 amide bonds. The number of piperidine rings is 1. The van der Waals surface area contributed by atoms with E-state index in [1.807, 2.05) is 6.92 Å². The minimum absolute atomic E-state index is 0.0295. The standard InChI is InChI=1S/C11H20F3NO/c1-3-10(16)8(2)15-6-4-5-9(7-15)11(12,13)14/h8-10,16H,3-7H2,1-2H3. The first kappa shape index (κ1) is 13.8. The average molecular weight is 239 g/mol. The lowest BCUT2D eigenvalue weighted by Gasteiger charge is -2.39. The van der Waals surface area contributed by atoms with Crippen LogP contribution in [-0.2, 0) is 0 Å². The van der Waals surface area contributed by atoms with Crippen LogP contribution < -0.4 is 0 Å². The first-order valence-electron chi connectivity index (χ1n) is 5.85. The Morgan fingerprint density at radius 1 is 1.44 bits per heavy atom. The molecule has 0 aliphatic carbocycles. The van der Waals surface area contributed by atoms with Crippen molar-refractivity contribution in [2.75, 3.05) is 13.1 Å². The van der Waals surface area contributed by atoms with Crippen molar-refractivity contribution in [2.45, 2.75) is 51.4 Å². The topological polar surface area (TPSA) is 23.5 Å². The number of hydrogen-bond acceptors (Lipinski definition) is 2. The van der Waals surface area contributed by atoms with Gasteiger partial charge in [0, 0.05) is 12.6 Å². The van der Waals surface area contributed by atoms with Crippen LogP contribution in [-0.4, -0.2) is 41.4 Å². The third-order valence-electron chi connectivity index (χ3n) is 3.47. The van der Waals surface area contributed by atoms with Gasteiger partial charge in [-0.3, -0.25) is 4.90 Å². The summed E-state index contributed by atoms with van der Waals surface area (Å²) in [7, 11) is 0. The van der Waals surface area contributed by atoms with Crippen LogP contribution in [0, 0.1) is 5.92 Å². The normalized spacial score (nSPS) is 27.8. The van der Waals surface area contributed by atoms with Gasteiger partial charge in [0.15, 0.2) is 0 Å². The van der Waals surface area contributed by atoms with Crippen LogP contribution in [0.4, 0.5) is 13.2 Å². The molecular formula is C11H20F3NO. The zero-order chi connectivity index (χ0) is 12.3. The molecule has 0 aromatic heterocycles. The third kappa shape index (κ3) is 3.35. The maximum atomic E-state index is 12.6. The average Bonchev–Trinajstić information content (AvgIpc) is 2.26. The number of likely N-dealkylation sites (tertiary alicyclic amines) is 1. The Morgan fingerprint density at radius 3 is 2.56 bits per heavy atom. The highest BCUT2D eigenvalue weighted by Gasteiger charge is 2.42. The van der Waals surface area contributed by atoms with Gasteiger partial charge in [0.25, 0.3) is 0 Å². The minimum Gasteiger partial charge on any atom is -0.392 e. The van der Waals surface area contributed by atoms with Crippen molar-refractivity contribution in [3.63, 3.8) is 0 Å². The second-order valence-electron chi connectivity index (χ2n) is 4.59. The van der Waals surface area contributed by atoms with Crippen molar-refractivity contribution >= 4 is 0 Å². The maximum absolute atomic E-state index is 12.6. The molecule has 3 unspecified atom stereocenters. The molecule has 1 heterocycles. The molecule has 0 aromatic carbocycles. The summed E-state index contributed by atoms with van der Waals surface area (Å²) in [5.74, 6) is -1.23. The highest BCUT2D eigenvalue weighted by atomic mass is 19.4. The predicted molar refractivity (Wildman–Crippen MR) is 56.1 cm³/mol. The molecule has 1 saturated heterocycles. The fraction of sp³-hybridized carbons (Fsp3) is 1.00. The van der Waals surface area contributed by atoms with Crippen LogP contribution in [0.1, 0.15) is 33.1 Å². The van der Waals surface area contributed by atoms with Crippen molar-refractivity contribution < 1.29 is 18.3 Å². The van der Waals surface area contributed by atoms with Gasteiger partial charge in [0.2, 0.25) is 0 Å². The maximum Gasteiger partial charge on any atom is 0.393 e. The zero-order valence-electron chi connectivity index (χ0n) is 9.80. The molecule has 0 spiro atoms. The monoisotopic (exact) mass is 239 g/mol. The highest BCUT2D eigenvalue weighted by Crippen LogP contribution is 2.33. The minimum atomic E-state index is -4.10. The third-order valence-corrected chi connectivity index (χ3v) is 3.47. The van der Waals surface area contributed by atoms with Gasteiger partial charge in [-0.25, -0.2) is 0 Å². The fourth-order valence-corrected chi connectivity index (χ4v) is 2.23. The second kappa shape index (κ2) is 5.36. The molecule has 3 atom stereocenters. The van der Waals surface area contributed by atoms with Gasteiger partial charge in [0.1, 0.15) is 0 Å². The van der Waals surface area contributed by atoms with Crippen molar-refractivity contribution in [1.29, 1.82) is 0 Å². The van der Waals surface area contributed by atoms with E-state index in [1.54, 1.807) is 11.8 Å². The Morgan fingerprint density at radius 2 is 2.06 bits per heavy atom. The van der Waals surface area contributed by atoms with Gasteiger partial charge in [-0.05, 0) is 32.7 Å². The Hall–Kier alpha value is -0.290. The van der Waals surface area contributed by atoms with E-state index in [-0.39, 0.29) is 19.0 Å². The van der Waals surface area contributed by atoms with E-state index < -0.39 is 18.2 Å². The number of halogens is 3. The van der Waals surface area contributed by atoms with Crippen LogP contribution >= 0.6 is 0 Å². The summed E-state index contributed by atoms with van der Waals surface area (Å²) < 4.78 is 37.7. The number of aliphatic hydroxyl groups is 1. The van der Waals surface area contributed by atoms with E-state index in [2.05, 4.69) is 0 Å². The zero-order valence-corrected chi connectivity index (χ0v) is 9.80. The van der Waals surface area contributed by atoms with E-state index in [0.29, 0.717) is 19.4 Å². The van der Waals surface area contributed by atoms with Crippen LogP contribution in [0.25, 0.3) is 0 Å². The van der Waals surface area contributed by atoms with E-state index in [1.165, 1.54) is 0 Å². The number of alkyl halides is 3. The Bertz CT molecular complexity index is 220. The van der Waals surface area contributed by atoms with Crippen LogP contribution in [0.15, 0.2) is 0 Å². The van der Waals surface area contributed by atoms with Crippen LogP contribution in [0.2, 0.25) is 0 Å². The predicted octanol–water partition coefficient (Wildman–Crippen LogP) is 2.42. The molecule has 0 saturated carbocycles. The first-order valence-corrected chi connectivity index (χ1v) is 5.85. The second-order valence-corrected chi connectivity index (χ2v) is 4.59. The molecule has 1 fully saturated rings. The van der Waals surface area contributed by atoms with Crippen LogP contribution in [0.5, 0.6) is 0 Å². The van der Waals surface area contributed by atoms with E-state index in [0.717, 1.165) is 0 Å². The molecule has 0 aromatic rings. The molecule has 1 aliphatic heterocycles. The Kier molecular flexibility index (Phi) is 4.62. The summed E-state index contributed by atoms with van der Waals surface area (Å²) in [6.45, 7) is 4.33. The lowest BCUT2D eigenvalue weighted by atomic mass is 9.95. The number of nitrogens with zero attached hydrogens (tertiary/aromatic N) is 1. The number of hydrogen-bond donors (Lipinski definition) is 1. The molecule has 16 heavy (non-hydrogen) atoms. The largest absolute Gasteiger partial charge is 0.393 e. The molecule has 1 rings (SSSR count). The van der Waals surface area contributed by atoms with Gasteiger partial charge in [0.05, 0.1) is 12.0 Å². The molecule has 2 nitrogen and oxygen atoms in total. The van der Waals surface area contributed by atoms with Gasteiger partial charge in [-0.2, -0.15) is 13.2 Å². The lowest BCUT2D eigenvalue weighted by molar-refractivity contribution is -0.190. The van der Waals surface area contributed by atoms with E-state index in [9.17, 15) is 18.3 Å². The number of rotatable bonds is 3. The SMILES string of the molecule is CCC(O)C(C)N1CCCC(C(F)(F)F)C1. The summed E-state index contributed by atoms with van der Waals surface area (Å²) in [4.78, 5) is 1.76. The van der Waals surface area contributed by atoms with Gasteiger partial charge >= 0.3 is 6.18 Å². The van der Waals surface area contributed by atoms with Crippen LogP contribution in [0.3, 0.4) is 0 Å². The molecule has 1 N–H and O–H groups in total. The Balaban J connectivity index is 2.57. The van der Waals surface area contributed by atoms with Gasteiger partial charge in [-0.15, -0.1) is 0 Å². The first-order chi connectivity index (χ1) is 7.36. The van der Waals surface area contributed by atoms with E-state index in [4.69, 9.17) is 0 Å². The quantitative estimate of drug-likeness (QED) is 0.817. The Labute approximate surface area is 94.4 Å². The van der Waals surface area contributed by atoms with E-state index >= 15 is 0 Å². The van der Waals surface area contributed by atoms with Crippen molar-refractivity contribution in [1.82, 2.24) is 4.90 Å². The summed E-state index contributed by atoms with van der Waals surface area (Å²) in [5.41, 5.74) is 0. The smallest absolute Gasteiger partial charge is 0.392 e. The summed E-state index contributed by atoms with van der Waals surface area (Å²) in [6.07, 6.45) is -3.28.